The second-order valence-corrected chi connectivity index (χ2v) is 5.89. The van der Waals surface area contributed by atoms with Crippen LogP contribution in [-0.4, -0.2) is 41.7 Å². The van der Waals surface area contributed by atoms with Crippen LogP contribution in [0.1, 0.15) is 16.2 Å². The van der Waals surface area contributed by atoms with Crippen molar-refractivity contribution < 1.29 is 18.8 Å². The lowest BCUT2D eigenvalue weighted by Gasteiger charge is -2.21. The third-order valence-corrected chi connectivity index (χ3v) is 4.10. The number of aromatic nitrogens is 2. The molecule has 2 aromatic carbocycles. The second-order valence-electron chi connectivity index (χ2n) is 5.89. The SMILES string of the molecule is C=CCN(Cc1nc(-c2ccccc2)no1)C(=O)c1c(OC)cccc1OC. The number of hydrogen-bond donors (Lipinski definition) is 0. The zero-order valence-corrected chi connectivity index (χ0v) is 15.8. The fourth-order valence-electron chi connectivity index (χ4n) is 2.78. The van der Waals surface area contributed by atoms with Crippen LogP contribution in [0.2, 0.25) is 0 Å². The van der Waals surface area contributed by atoms with Gasteiger partial charge in [0.1, 0.15) is 23.6 Å². The Balaban J connectivity index is 1.88. The number of ether oxygens (including phenoxy) is 2. The molecule has 0 saturated heterocycles. The summed E-state index contributed by atoms with van der Waals surface area (Å²) in [4.78, 5) is 19.1. The number of methoxy groups -OCH3 is 2. The average Bonchev–Trinajstić information content (AvgIpc) is 3.21. The van der Waals surface area contributed by atoms with Gasteiger partial charge in [0.15, 0.2) is 0 Å². The van der Waals surface area contributed by atoms with E-state index in [1.165, 1.54) is 19.1 Å². The van der Waals surface area contributed by atoms with Crippen molar-refractivity contribution in [1.82, 2.24) is 15.0 Å². The maximum absolute atomic E-state index is 13.2. The number of carbonyl (C=O) groups excluding carboxylic acids is 1. The van der Waals surface area contributed by atoms with Crippen molar-refractivity contribution in [2.75, 3.05) is 20.8 Å². The fourth-order valence-corrected chi connectivity index (χ4v) is 2.78. The zero-order chi connectivity index (χ0) is 19.9. The number of hydrogen-bond acceptors (Lipinski definition) is 6. The number of benzene rings is 2. The Hall–Kier alpha value is -3.61. The van der Waals surface area contributed by atoms with Crippen LogP contribution in [0.15, 0.2) is 65.7 Å². The Morgan fingerprint density at radius 3 is 2.39 bits per heavy atom. The fraction of sp³-hybridized carbons (Fsp3) is 0.190. The van der Waals surface area contributed by atoms with E-state index in [4.69, 9.17) is 14.0 Å². The van der Waals surface area contributed by atoms with Gasteiger partial charge in [-0.05, 0) is 12.1 Å². The van der Waals surface area contributed by atoms with Crippen LogP contribution in [0.3, 0.4) is 0 Å². The van der Waals surface area contributed by atoms with Gasteiger partial charge in [-0.25, -0.2) is 0 Å². The minimum Gasteiger partial charge on any atom is -0.496 e. The highest BCUT2D eigenvalue weighted by atomic mass is 16.5. The molecule has 0 saturated carbocycles. The van der Waals surface area contributed by atoms with E-state index in [0.29, 0.717) is 35.3 Å². The number of rotatable bonds is 8. The molecule has 7 heteroatoms. The van der Waals surface area contributed by atoms with Gasteiger partial charge in [-0.3, -0.25) is 4.79 Å². The summed E-state index contributed by atoms with van der Waals surface area (Å²) in [6, 6.07) is 14.7. The van der Waals surface area contributed by atoms with Crippen molar-refractivity contribution in [3.05, 3.63) is 72.6 Å². The first-order valence-corrected chi connectivity index (χ1v) is 8.67. The Kier molecular flexibility index (Phi) is 6.06. The molecule has 0 radical (unpaired) electrons. The van der Waals surface area contributed by atoms with Crippen molar-refractivity contribution in [3.8, 4) is 22.9 Å². The molecule has 0 unspecified atom stereocenters. The first-order valence-electron chi connectivity index (χ1n) is 8.67. The quantitative estimate of drug-likeness (QED) is 0.557. The molecule has 28 heavy (non-hydrogen) atoms. The van der Waals surface area contributed by atoms with E-state index in [9.17, 15) is 4.79 Å². The van der Waals surface area contributed by atoms with E-state index in [-0.39, 0.29) is 12.5 Å². The lowest BCUT2D eigenvalue weighted by atomic mass is 10.1. The third kappa shape index (κ3) is 4.03. The summed E-state index contributed by atoms with van der Waals surface area (Å²) in [5.74, 6) is 1.36. The number of nitrogens with zero attached hydrogens (tertiary/aromatic N) is 3. The van der Waals surface area contributed by atoms with E-state index >= 15 is 0 Å². The molecule has 3 rings (SSSR count). The summed E-state index contributed by atoms with van der Waals surface area (Å²) < 4.78 is 16.0. The molecule has 1 aromatic heterocycles. The highest BCUT2D eigenvalue weighted by molar-refractivity contribution is 5.99. The first kappa shape index (κ1) is 19.2. The van der Waals surface area contributed by atoms with Gasteiger partial charge < -0.3 is 18.9 Å². The van der Waals surface area contributed by atoms with Gasteiger partial charge in [-0.15, -0.1) is 6.58 Å². The molecule has 0 atom stereocenters. The van der Waals surface area contributed by atoms with E-state index in [1.54, 1.807) is 24.3 Å². The van der Waals surface area contributed by atoms with Gasteiger partial charge in [-0.2, -0.15) is 4.98 Å². The van der Waals surface area contributed by atoms with Crippen molar-refractivity contribution in [1.29, 1.82) is 0 Å². The predicted molar refractivity (Wildman–Crippen MR) is 104 cm³/mol. The van der Waals surface area contributed by atoms with Crippen LogP contribution in [0.4, 0.5) is 0 Å². The molecule has 0 bridgehead atoms. The van der Waals surface area contributed by atoms with Gasteiger partial charge in [0.25, 0.3) is 5.91 Å². The van der Waals surface area contributed by atoms with Crippen molar-refractivity contribution >= 4 is 5.91 Å². The van der Waals surface area contributed by atoms with Crippen LogP contribution < -0.4 is 9.47 Å². The van der Waals surface area contributed by atoms with Gasteiger partial charge in [0.05, 0.1) is 14.2 Å². The number of amides is 1. The largest absolute Gasteiger partial charge is 0.496 e. The smallest absolute Gasteiger partial charge is 0.262 e. The monoisotopic (exact) mass is 379 g/mol. The predicted octanol–water partition coefficient (Wildman–Crippen LogP) is 3.58. The molecule has 0 N–H and O–H groups in total. The van der Waals surface area contributed by atoms with E-state index in [1.807, 2.05) is 30.3 Å². The molecule has 0 aliphatic heterocycles. The Morgan fingerprint density at radius 2 is 1.79 bits per heavy atom. The Bertz CT molecular complexity index is 931. The molecule has 1 amide bonds. The lowest BCUT2D eigenvalue weighted by Crippen LogP contribution is -2.31. The summed E-state index contributed by atoms with van der Waals surface area (Å²) in [5, 5.41) is 4.00. The van der Waals surface area contributed by atoms with Crippen LogP contribution >= 0.6 is 0 Å². The summed E-state index contributed by atoms with van der Waals surface area (Å²) in [5.41, 5.74) is 1.17. The van der Waals surface area contributed by atoms with Crippen LogP contribution in [-0.2, 0) is 6.54 Å². The van der Waals surface area contributed by atoms with E-state index in [2.05, 4.69) is 16.7 Å². The topological polar surface area (TPSA) is 77.7 Å². The van der Waals surface area contributed by atoms with Gasteiger partial charge in [0, 0.05) is 12.1 Å². The Morgan fingerprint density at radius 1 is 1.11 bits per heavy atom. The second kappa shape index (κ2) is 8.85. The maximum Gasteiger partial charge on any atom is 0.262 e. The molecule has 0 fully saturated rings. The van der Waals surface area contributed by atoms with Crippen molar-refractivity contribution in [2.24, 2.45) is 0 Å². The number of carbonyl (C=O) groups is 1. The molecule has 0 aliphatic carbocycles. The Labute approximate surface area is 163 Å². The third-order valence-electron chi connectivity index (χ3n) is 4.10. The first-order chi connectivity index (χ1) is 13.7. The van der Waals surface area contributed by atoms with Crippen LogP contribution in [0.5, 0.6) is 11.5 Å². The standard InChI is InChI=1S/C21H21N3O4/c1-4-13-24(21(25)19-16(26-2)11-8-12-17(19)27-3)14-18-22-20(23-28-18)15-9-6-5-7-10-15/h4-12H,1,13-14H2,2-3H3. The minimum atomic E-state index is -0.284. The molecule has 144 valence electrons. The molecule has 0 aliphatic rings. The molecule has 3 aromatic rings. The van der Waals surface area contributed by atoms with Crippen molar-refractivity contribution in [2.45, 2.75) is 6.54 Å². The van der Waals surface area contributed by atoms with Crippen LogP contribution in [0, 0.1) is 0 Å². The van der Waals surface area contributed by atoms with Gasteiger partial charge in [0.2, 0.25) is 11.7 Å². The van der Waals surface area contributed by atoms with E-state index < -0.39 is 0 Å². The molecule has 0 spiro atoms. The zero-order valence-electron chi connectivity index (χ0n) is 15.8. The summed E-state index contributed by atoms with van der Waals surface area (Å²) in [6.45, 7) is 4.16. The summed E-state index contributed by atoms with van der Waals surface area (Å²) >= 11 is 0. The normalized spacial score (nSPS) is 10.4. The summed E-state index contributed by atoms with van der Waals surface area (Å²) in [6.07, 6.45) is 1.63. The molecular weight excluding hydrogens is 358 g/mol. The molecular formula is C21H21N3O4. The molecule has 7 nitrogen and oxygen atoms in total. The molecule has 1 heterocycles. The minimum absolute atomic E-state index is 0.131. The van der Waals surface area contributed by atoms with Crippen LogP contribution in [0.25, 0.3) is 11.4 Å². The maximum atomic E-state index is 13.2. The summed E-state index contributed by atoms with van der Waals surface area (Å²) in [7, 11) is 3.01. The van der Waals surface area contributed by atoms with Gasteiger partial charge >= 0.3 is 0 Å². The van der Waals surface area contributed by atoms with Gasteiger partial charge in [-0.1, -0.05) is 47.6 Å². The lowest BCUT2D eigenvalue weighted by molar-refractivity contribution is 0.0738. The average molecular weight is 379 g/mol. The van der Waals surface area contributed by atoms with E-state index in [0.717, 1.165) is 5.56 Å². The van der Waals surface area contributed by atoms with Crippen molar-refractivity contribution in [3.63, 3.8) is 0 Å². The highest BCUT2D eigenvalue weighted by Crippen LogP contribution is 2.30. The highest BCUT2D eigenvalue weighted by Gasteiger charge is 2.25.